The van der Waals surface area contributed by atoms with Gasteiger partial charge in [0.2, 0.25) is 15.9 Å². The van der Waals surface area contributed by atoms with Crippen molar-refractivity contribution in [1.82, 2.24) is 24.2 Å². The summed E-state index contributed by atoms with van der Waals surface area (Å²) in [5, 5.41) is 0.989. The molecule has 0 aliphatic carbocycles. The Labute approximate surface area is 202 Å². The summed E-state index contributed by atoms with van der Waals surface area (Å²) < 4.78 is 27.1. The minimum atomic E-state index is -3.48. The van der Waals surface area contributed by atoms with E-state index in [0.29, 0.717) is 54.1 Å². The maximum Gasteiger partial charge on any atom is 0.233 e. The van der Waals surface area contributed by atoms with Gasteiger partial charge in [0, 0.05) is 57.3 Å². The van der Waals surface area contributed by atoms with Gasteiger partial charge in [-0.15, -0.1) is 0 Å². The van der Waals surface area contributed by atoms with Gasteiger partial charge in [-0.1, -0.05) is 23.2 Å². The summed E-state index contributed by atoms with van der Waals surface area (Å²) in [6.45, 7) is 4.82. The second kappa shape index (κ2) is 9.09. The Bertz CT molecular complexity index is 1320. The number of carbonyl (C=O) groups is 1. The van der Waals surface area contributed by atoms with Crippen LogP contribution in [0.1, 0.15) is 12.6 Å². The predicted molar refractivity (Wildman–Crippen MR) is 129 cm³/mol. The van der Waals surface area contributed by atoms with Crippen LogP contribution in [0.5, 0.6) is 0 Å². The molecule has 3 aromatic rings. The number of hydrogen-bond acceptors (Lipinski definition) is 6. The Morgan fingerprint density at radius 2 is 1.88 bits per heavy atom. The van der Waals surface area contributed by atoms with Gasteiger partial charge in [0.05, 0.1) is 35.1 Å². The third-order valence-electron chi connectivity index (χ3n) is 5.79. The summed E-state index contributed by atoms with van der Waals surface area (Å²) in [4.78, 5) is 24.8. The number of anilines is 1. The molecule has 2 aromatic heterocycles. The number of aromatic nitrogens is 3. The molecule has 0 radical (unpaired) electrons. The van der Waals surface area contributed by atoms with Crippen LogP contribution in [0.25, 0.3) is 16.9 Å². The van der Waals surface area contributed by atoms with Gasteiger partial charge in [0.1, 0.15) is 0 Å². The van der Waals surface area contributed by atoms with Crippen molar-refractivity contribution in [2.24, 2.45) is 0 Å². The third kappa shape index (κ3) is 4.93. The van der Waals surface area contributed by atoms with E-state index >= 15 is 0 Å². The van der Waals surface area contributed by atoms with Gasteiger partial charge in [-0.25, -0.2) is 18.4 Å². The highest BCUT2D eigenvalue weighted by Crippen LogP contribution is 2.33. The first-order valence-electron chi connectivity index (χ1n) is 10.3. The second-order valence-corrected chi connectivity index (χ2v) is 10.9. The molecule has 33 heavy (non-hydrogen) atoms. The van der Waals surface area contributed by atoms with E-state index in [1.165, 1.54) is 7.05 Å². The lowest BCUT2D eigenvalue weighted by molar-refractivity contribution is -0.130. The van der Waals surface area contributed by atoms with E-state index in [0.717, 1.165) is 21.8 Å². The van der Waals surface area contributed by atoms with Gasteiger partial charge >= 0.3 is 0 Å². The summed E-state index contributed by atoms with van der Waals surface area (Å²) >= 11 is 12.6. The normalized spacial score (nSPS) is 15.2. The highest BCUT2D eigenvalue weighted by atomic mass is 35.5. The van der Waals surface area contributed by atoms with Crippen LogP contribution in [-0.2, 0) is 21.4 Å². The van der Waals surface area contributed by atoms with Gasteiger partial charge < -0.3 is 4.90 Å². The molecule has 0 N–H and O–H groups in total. The minimum absolute atomic E-state index is 0.0672. The van der Waals surface area contributed by atoms with Crippen LogP contribution in [0.15, 0.2) is 30.6 Å². The Morgan fingerprint density at radius 1 is 1.18 bits per heavy atom. The molecular weight excluding hydrogens is 487 g/mol. The van der Waals surface area contributed by atoms with Gasteiger partial charge in [-0.2, -0.15) is 0 Å². The first-order chi connectivity index (χ1) is 15.5. The van der Waals surface area contributed by atoms with Crippen LogP contribution in [0.4, 0.5) is 5.82 Å². The molecule has 12 heteroatoms. The fourth-order valence-corrected chi connectivity index (χ4v) is 4.74. The Balaban J connectivity index is 1.80. The molecule has 1 aromatic carbocycles. The first-order valence-corrected chi connectivity index (χ1v) is 12.9. The van der Waals surface area contributed by atoms with Crippen LogP contribution in [0.2, 0.25) is 10.0 Å². The standard InChI is InChI=1S/C21H24Cl2N6O3S/c1-14(30)28-8-6-27(7-9-28)12-18-21(16-5-4-15(22)10-17(16)23)25-19-11-24-20(13-29(18)19)26(2)33(3,31)32/h4-5,10-11,13H,6-9,12H2,1-3H3. The monoisotopic (exact) mass is 510 g/mol. The largest absolute Gasteiger partial charge is 0.340 e. The smallest absolute Gasteiger partial charge is 0.233 e. The number of piperazine rings is 1. The number of fused-ring (bicyclic) bond motifs is 1. The average Bonchev–Trinajstić information content (AvgIpc) is 3.10. The number of nitrogens with zero attached hydrogens (tertiary/aromatic N) is 6. The fraction of sp³-hybridized carbons (Fsp3) is 0.381. The van der Waals surface area contributed by atoms with Crippen LogP contribution in [0.3, 0.4) is 0 Å². The summed E-state index contributed by atoms with van der Waals surface area (Å²) in [6.07, 6.45) is 4.33. The van der Waals surface area contributed by atoms with Crippen molar-refractivity contribution in [2.75, 3.05) is 43.8 Å². The molecule has 1 amide bonds. The molecule has 0 bridgehead atoms. The summed E-state index contributed by atoms with van der Waals surface area (Å²) in [5.74, 6) is 0.344. The molecule has 9 nitrogen and oxygen atoms in total. The van der Waals surface area contributed by atoms with E-state index in [4.69, 9.17) is 28.2 Å². The van der Waals surface area contributed by atoms with Gasteiger partial charge in [0.25, 0.3) is 0 Å². The SMILES string of the molecule is CC(=O)N1CCN(Cc2c(-c3ccc(Cl)cc3Cl)nc3cnc(N(C)S(C)(=O)=O)cn23)CC1. The topological polar surface area (TPSA) is 91.1 Å². The first kappa shape index (κ1) is 23.7. The van der Waals surface area contributed by atoms with E-state index in [1.54, 1.807) is 31.5 Å². The minimum Gasteiger partial charge on any atom is -0.340 e. The van der Waals surface area contributed by atoms with Crippen molar-refractivity contribution in [1.29, 1.82) is 0 Å². The quantitative estimate of drug-likeness (QED) is 0.524. The number of benzene rings is 1. The van der Waals surface area contributed by atoms with Crippen LogP contribution >= 0.6 is 23.2 Å². The number of hydrogen-bond donors (Lipinski definition) is 0. The lowest BCUT2D eigenvalue weighted by Gasteiger charge is -2.34. The highest BCUT2D eigenvalue weighted by molar-refractivity contribution is 7.92. The van der Waals surface area contributed by atoms with E-state index < -0.39 is 10.0 Å². The van der Waals surface area contributed by atoms with Crippen molar-refractivity contribution in [3.05, 3.63) is 46.3 Å². The molecule has 1 fully saturated rings. The molecule has 0 unspecified atom stereocenters. The van der Waals surface area contributed by atoms with E-state index in [-0.39, 0.29) is 11.7 Å². The van der Waals surface area contributed by atoms with Crippen molar-refractivity contribution in [2.45, 2.75) is 13.5 Å². The zero-order valence-corrected chi connectivity index (χ0v) is 20.8. The molecule has 1 saturated heterocycles. The predicted octanol–water partition coefficient (Wildman–Crippen LogP) is 2.76. The van der Waals surface area contributed by atoms with Crippen molar-refractivity contribution in [3.8, 4) is 11.3 Å². The lowest BCUT2D eigenvalue weighted by Crippen LogP contribution is -2.47. The van der Waals surface area contributed by atoms with E-state index in [2.05, 4.69) is 9.88 Å². The molecule has 0 spiro atoms. The Kier molecular flexibility index (Phi) is 6.54. The second-order valence-electron chi connectivity index (χ2n) is 8.02. The Hall–Kier alpha value is -2.40. The molecule has 1 aliphatic rings. The third-order valence-corrected chi connectivity index (χ3v) is 7.52. The average molecular weight is 511 g/mol. The van der Waals surface area contributed by atoms with E-state index in [9.17, 15) is 13.2 Å². The number of carbonyl (C=O) groups excluding carboxylic acids is 1. The maximum absolute atomic E-state index is 12.0. The maximum atomic E-state index is 12.0. The fourth-order valence-electron chi connectivity index (χ4n) is 3.81. The van der Waals surface area contributed by atoms with Crippen LogP contribution in [0, 0.1) is 0 Å². The lowest BCUT2D eigenvalue weighted by atomic mass is 10.1. The zero-order valence-electron chi connectivity index (χ0n) is 18.5. The summed E-state index contributed by atoms with van der Waals surface area (Å²) in [7, 11) is -2.03. The summed E-state index contributed by atoms with van der Waals surface area (Å²) in [6, 6.07) is 5.24. The molecule has 3 heterocycles. The number of rotatable bonds is 5. The molecule has 176 valence electrons. The van der Waals surface area contributed by atoms with E-state index in [1.807, 2.05) is 15.4 Å². The summed E-state index contributed by atoms with van der Waals surface area (Å²) in [5.41, 5.74) is 2.81. The molecular formula is C21H24Cl2N6O3S. The molecule has 4 rings (SSSR count). The van der Waals surface area contributed by atoms with Gasteiger partial charge in [0.15, 0.2) is 11.5 Å². The zero-order chi connectivity index (χ0) is 23.9. The number of sulfonamides is 1. The number of amides is 1. The van der Waals surface area contributed by atoms with Crippen LogP contribution in [-0.4, -0.2) is 78.0 Å². The molecule has 0 atom stereocenters. The molecule has 0 saturated carbocycles. The Morgan fingerprint density at radius 3 is 2.48 bits per heavy atom. The van der Waals surface area contributed by atoms with Crippen molar-refractivity contribution >= 4 is 50.6 Å². The highest BCUT2D eigenvalue weighted by Gasteiger charge is 2.24. The number of halogens is 2. The molecule has 1 aliphatic heterocycles. The van der Waals surface area contributed by atoms with Crippen LogP contribution < -0.4 is 4.31 Å². The van der Waals surface area contributed by atoms with Crippen molar-refractivity contribution < 1.29 is 13.2 Å². The van der Waals surface area contributed by atoms with Gasteiger partial charge in [-0.3, -0.25) is 18.4 Å². The van der Waals surface area contributed by atoms with Crippen molar-refractivity contribution in [3.63, 3.8) is 0 Å². The number of imidazole rings is 1. The van der Waals surface area contributed by atoms with Gasteiger partial charge in [-0.05, 0) is 18.2 Å².